The fraction of sp³-hybridized carbons (Fsp3) is 0.733. The largest absolute Gasteiger partial charge is 0.375 e. The molecule has 0 N–H and O–H groups in total. The van der Waals surface area contributed by atoms with Crippen LogP contribution >= 0.6 is 0 Å². The lowest BCUT2D eigenvalue weighted by molar-refractivity contribution is -0.135. The van der Waals surface area contributed by atoms with Crippen molar-refractivity contribution in [3.8, 4) is 0 Å². The lowest BCUT2D eigenvalue weighted by Crippen LogP contribution is -2.47. The van der Waals surface area contributed by atoms with Gasteiger partial charge in [0.2, 0.25) is 5.91 Å². The Bertz CT molecular complexity index is 433. The predicted octanol–water partition coefficient (Wildman–Crippen LogP) is 0.841. The van der Waals surface area contributed by atoms with Gasteiger partial charge in [0.25, 0.3) is 0 Å². The molecule has 2 heterocycles. The Morgan fingerprint density at radius 1 is 1.52 bits per heavy atom. The maximum Gasteiger partial charge on any atom is 0.225 e. The summed E-state index contributed by atoms with van der Waals surface area (Å²) in [6, 6.07) is 2.39. The minimum atomic E-state index is 0.0146. The van der Waals surface area contributed by atoms with Crippen LogP contribution in [0.2, 0.25) is 0 Å². The van der Waals surface area contributed by atoms with Crippen molar-refractivity contribution < 1.29 is 9.53 Å². The predicted molar refractivity (Wildman–Crippen MR) is 80.9 cm³/mol. The number of rotatable bonds is 6. The summed E-state index contributed by atoms with van der Waals surface area (Å²) >= 11 is 0. The highest BCUT2D eigenvalue weighted by Gasteiger charge is 2.25. The van der Waals surface area contributed by atoms with Gasteiger partial charge >= 0.3 is 0 Å². The molecule has 0 bridgehead atoms. The van der Waals surface area contributed by atoms with Gasteiger partial charge in [-0.2, -0.15) is 5.10 Å². The van der Waals surface area contributed by atoms with E-state index in [4.69, 9.17) is 4.74 Å². The molecule has 1 aromatic rings. The molecule has 118 valence electrons. The second-order valence-corrected chi connectivity index (χ2v) is 5.87. The third-order valence-corrected chi connectivity index (χ3v) is 3.95. The maximum absolute atomic E-state index is 12.2. The van der Waals surface area contributed by atoms with Crippen molar-refractivity contribution >= 4 is 5.91 Å². The molecule has 0 unspecified atom stereocenters. The fourth-order valence-corrected chi connectivity index (χ4v) is 2.50. The normalized spacial score (nSPS) is 19.9. The average Bonchev–Trinajstić information content (AvgIpc) is 2.98. The molecule has 0 saturated carbocycles. The zero-order valence-corrected chi connectivity index (χ0v) is 13.2. The average molecular weight is 294 g/mol. The first kappa shape index (κ1) is 16.0. The summed E-state index contributed by atoms with van der Waals surface area (Å²) < 4.78 is 7.56. The summed E-state index contributed by atoms with van der Waals surface area (Å²) in [5, 5.41) is 4.14. The molecule has 1 aliphatic heterocycles. The van der Waals surface area contributed by atoms with Crippen LogP contribution in [0.25, 0.3) is 0 Å². The van der Waals surface area contributed by atoms with Gasteiger partial charge in [-0.05, 0) is 19.9 Å². The van der Waals surface area contributed by atoms with E-state index >= 15 is 0 Å². The first-order chi connectivity index (χ1) is 10.1. The van der Waals surface area contributed by atoms with Crippen molar-refractivity contribution in [2.75, 3.05) is 33.3 Å². The van der Waals surface area contributed by atoms with Crippen LogP contribution in [0.4, 0.5) is 0 Å². The van der Waals surface area contributed by atoms with Crippen molar-refractivity contribution in [1.29, 1.82) is 0 Å². The summed E-state index contributed by atoms with van der Waals surface area (Å²) in [5.74, 6) is 0.137. The highest BCUT2D eigenvalue weighted by Crippen LogP contribution is 2.12. The van der Waals surface area contributed by atoms with E-state index in [0.717, 1.165) is 19.6 Å². The van der Waals surface area contributed by atoms with Gasteiger partial charge < -0.3 is 9.64 Å². The third kappa shape index (κ3) is 4.82. The van der Waals surface area contributed by atoms with Crippen molar-refractivity contribution in [3.05, 3.63) is 18.5 Å². The SMILES string of the molecule is CC(C)N1CCO[C@@H](CC(=O)N(C)CCn2cccn2)C1. The number of amides is 1. The van der Waals surface area contributed by atoms with Crippen LogP contribution in [0, 0.1) is 0 Å². The van der Waals surface area contributed by atoms with E-state index < -0.39 is 0 Å². The van der Waals surface area contributed by atoms with Crippen LogP contribution < -0.4 is 0 Å². The van der Waals surface area contributed by atoms with Crippen molar-refractivity contribution in [2.24, 2.45) is 0 Å². The summed E-state index contributed by atoms with van der Waals surface area (Å²) in [5.41, 5.74) is 0. The number of nitrogens with zero attached hydrogens (tertiary/aromatic N) is 4. The maximum atomic E-state index is 12.2. The summed E-state index contributed by atoms with van der Waals surface area (Å²) in [7, 11) is 1.84. The highest BCUT2D eigenvalue weighted by molar-refractivity contribution is 5.76. The number of aromatic nitrogens is 2. The van der Waals surface area contributed by atoms with Crippen molar-refractivity contribution in [1.82, 2.24) is 19.6 Å². The molecule has 1 aromatic heterocycles. The second-order valence-electron chi connectivity index (χ2n) is 5.87. The van der Waals surface area contributed by atoms with Gasteiger partial charge in [-0.25, -0.2) is 0 Å². The van der Waals surface area contributed by atoms with Gasteiger partial charge in [0.1, 0.15) is 0 Å². The fourth-order valence-electron chi connectivity index (χ4n) is 2.50. The Morgan fingerprint density at radius 3 is 3.00 bits per heavy atom. The van der Waals surface area contributed by atoms with Gasteiger partial charge in [-0.15, -0.1) is 0 Å². The highest BCUT2D eigenvalue weighted by atomic mass is 16.5. The summed E-state index contributed by atoms with van der Waals surface area (Å²) in [6.07, 6.45) is 4.13. The Hall–Kier alpha value is -1.40. The molecule has 21 heavy (non-hydrogen) atoms. The minimum absolute atomic E-state index is 0.0146. The summed E-state index contributed by atoms with van der Waals surface area (Å²) in [4.78, 5) is 16.4. The molecular formula is C15H26N4O2. The lowest BCUT2D eigenvalue weighted by atomic mass is 10.1. The summed E-state index contributed by atoms with van der Waals surface area (Å²) in [6.45, 7) is 8.27. The molecule has 0 spiro atoms. The quantitative estimate of drug-likeness (QED) is 0.780. The topological polar surface area (TPSA) is 50.6 Å². The molecule has 0 aromatic carbocycles. The zero-order valence-electron chi connectivity index (χ0n) is 13.2. The number of ether oxygens (including phenoxy) is 1. The molecule has 1 fully saturated rings. The number of hydrogen-bond acceptors (Lipinski definition) is 4. The van der Waals surface area contributed by atoms with E-state index in [-0.39, 0.29) is 12.0 Å². The smallest absolute Gasteiger partial charge is 0.225 e. The monoisotopic (exact) mass is 294 g/mol. The van der Waals surface area contributed by atoms with Crippen LogP contribution in [0.5, 0.6) is 0 Å². The van der Waals surface area contributed by atoms with E-state index in [0.29, 0.717) is 25.6 Å². The van der Waals surface area contributed by atoms with Gasteiger partial charge in [0, 0.05) is 45.1 Å². The van der Waals surface area contributed by atoms with Crippen molar-refractivity contribution in [2.45, 2.75) is 39.0 Å². The third-order valence-electron chi connectivity index (χ3n) is 3.95. The van der Waals surface area contributed by atoms with Crippen LogP contribution in [-0.2, 0) is 16.1 Å². The Labute approximate surface area is 126 Å². The van der Waals surface area contributed by atoms with Crippen LogP contribution in [0.1, 0.15) is 20.3 Å². The van der Waals surface area contributed by atoms with Crippen molar-refractivity contribution in [3.63, 3.8) is 0 Å². The molecule has 2 rings (SSSR count). The molecule has 1 aliphatic rings. The van der Waals surface area contributed by atoms with Gasteiger partial charge in [0.15, 0.2) is 0 Å². The minimum Gasteiger partial charge on any atom is -0.375 e. The first-order valence-electron chi connectivity index (χ1n) is 7.63. The van der Waals surface area contributed by atoms with E-state index in [1.165, 1.54) is 0 Å². The Kier molecular flexibility index (Phi) is 5.76. The number of carbonyl (C=O) groups is 1. The molecule has 0 radical (unpaired) electrons. The Balaban J connectivity index is 1.75. The van der Waals surface area contributed by atoms with Gasteiger partial charge in [-0.3, -0.25) is 14.4 Å². The van der Waals surface area contributed by atoms with Crippen LogP contribution in [0.3, 0.4) is 0 Å². The standard InChI is InChI=1S/C15H26N4O2/c1-13(2)18-9-10-21-14(12-18)11-15(20)17(3)7-8-19-6-4-5-16-19/h4-6,13-14H,7-12H2,1-3H3/t14-/m0/s1. The van der Waals surface area contributed by atoms with E-state index in [1.807, 2.05) is 24.0 Å². The van der Waals surface area contributed by atoms with Gasteiger partial charge in [-0.1, -0.05) is 0 Å². The number of hydrogen-bond donors (Lipinski definition) is 0. The molecular weight excluding hydrogens is 268 g/mol. The van der Waals surface area contributed by atoms with Crippen LogP contribution in [-0.4, -0.2) is 70.9 Å². The van der Waals surface area contributed by atoms with Gasteiger partial charge in [0.05, 0.1) is 25.7 Å². The Morgan fingerprint density at radius 2 is 2.33 bits per heavy atom. The van der Waals surface area contributed by atoms with E-state index in [1.54, 1.807) is 11.1 Å². The molecule has 1 saturated heterocycles. The molecule has 6 heteroatoms. The number of carbonyl (C=O) groups excluding carboxylic acids is 1. The number of likely N-dealkylation sites (N-methyl/N-ethyl adjacent to an activating group) is 1. The molecule has 1 amide bonds. The van der Waals surface area contributed by atoms with E-state index in [9.17, 15) is 4.79 Å². The number of morpholine rings is 1. The lowest BCUT2D eigenvalue weighted by Gasteiger charge is -2.35. The molecule has 6 nitrogen and oxygen atoms in total. The van der Waals surface area contributed by atoms with E-state index in [2.05, 4.69) is 23.8 Å². The molecule has 1 atom stereocenters. The second kappa shape index (κ2) is 7.56. The first-order valence-corrected chi connectivity index (χ1v) is 7.63. The van der Waals surface area contributed by atoms with Crippen LogP contribution in [0.15, 0.2) is 18.5 Å². The molecule has 0 aliphatic carbocycles. The zero-order chi connectivity index (χ0) is 15.2.